The lowest BCUT2D eigenvalue weighted by Gasteiger charge is -2.42. The molecule has 2 fully saturated rings. The fraction of sp³-hybridized carbons (Fsp3) is 0.692. The number of hydrogen-bond acceptors (Lipinski definition) is 4. The molecular formula is C26H40O4. The molecule has 3 rings (SSSR count). The lowest BCUT2D eigenvalue weighted by atomic mass is 9.63. The first kappa shape index (κ1) is 23.5. The Labute approximate surface area is 182 Å². The van der Waals surface area contributed by atoms with Crippen molar-refractivity contribution in [3.05, 3.63) is 47.1 Å². The summed E-state index contributed by atoms with van der Waals surface area (Å²) in [5, 5.41) is 30.1. The van der Waals surface area contributed by atoms with Crippen molar-refractivity contribution >= 4 is 0 Å². The minimum Gasteiger partial charge on any atom is -0.393 e. The maximum absolute atomic E-state index is 10.1. The van der Waals surface area contributed by atoms with Crippen LogP contribution in [0, 0.1) is 11.3 Å². The van der Waals surface area contributed by atoms with Gasteiger partial charge in [0.15, 0.2) is 0 Å². The lowest BCUT2D eigenvalue weighted by molar-refractivity contribution is 0.00738. The van der Waals surface area contributed by atoms with Gasteiger partial charge in [-0.1, -0.05) is 37.3 Å². The summed E-state index contributed by atoms with van der Waals surface area (Å²) in [7, 11) is 0. The highest BCUT2D eigenvalue weighted by Crippen LogP contribution is 2.55. The van der Waals surface area contributed by atoms with Crippen molar-refractivity contribution in [2.24, 2.45) is 11.3 Å². The summed E-state index contributed by atoms with van der Waals surface area (Å²) < 4.78 is 6.12. The number of aliphatic hydroxyl groups is 3. The highest BCUT2D eigenvalue weighted by Gasteiger charge is 2.46. The van der Waals surface area contributed by atoms with Gasteiger partial charge in [0, 0.05) is 6.42 Å². The predicted octanol–water partition coefficient (Wildman–Crippen LogP) is 4.61. The van der Waals surface area contributed by atoms with Crippen LogP contribution in [0.25, 0.3) is 0 Å². The van der Waals surface area contributed by atoms with E-state index in [1.165, 1.54) is 17.6 Å². The van der Waals surface area contributed by atoms with Crippen molar-refractivity contribution in [1.82, 2.24) is 0 Å². The number of hydrogen-bond donors (Lipinski definition) is 3. The van der Waals surface area contributed by atoms with E-state index in [9.17, 15) is 15.3 Å². The minimum absolute atomic E-state index is 0.0588. The third kappa shape index (κ3) is 5.16. The third-order valence-corrected chi connectivity index (χ3v) is 7.40. The van der Waals surface area contributed by atoms with Crippen molar-refractivity contribution in [3.63, 3.8) is 0 Å². The van der Waals surface area contributed by atoms with Gasteiger partial charge < -0.3 is 20.1 Å². The van der Waals surface area contributed by atoms with Gasteiger partial charge in [0.1, 0.15) is 0 Å². The highest BCUT2D eigenvalue weighted by atomic mass is 16.5. The first-order valence-electron chi connectivity index (χ1n) is 11.5. The van der Waals surface area contributed by atoms with Crippen LogP contribution in [0.1, 0.15) is 72.6 Å². The average molecular weight is 417 g/mol. The molecule has 3 aliphatic rings. The van der Waals surface area contributed by atoms with Gasteiger partial charge in [0.05, 0.1) is 30.5 Å². The van der Waals surface area contributed by atoms with E-state index in [1.54, 1.807) is 0 Å². The smallest absolute Gasteiger partial charge is 0.0811 e. The average Bonchev–Trinajstić information content (AvgIpc) is 3.00. The van der Waals surface area contributed by atoms with Gasteiger partial charge in [-0.15, -0.1) is 0 Å². The van der Waals surface area contributed by atoms with Crippen molar-refractivity contribution in [3.8, 4) is 0 Å². The molecule has 3 N–H and O–H groups in total. The van der Waals surface area contributed by atoms with E-state index in [-0.39, 0.29) is 11.5 Å². The summed E-state index contributed by atoms with van der Waals surface area (Å²) in [6, 6.07) is 0. The van der Waals surface area contributed by atoms with Crippen molar-refractivity contribution in [2.75, 3.05) is 6.61 Å². The molecule has 0 aliphatic heterocycles. The second kappa shape index (κ2) is 9.12. The van der Waals surface area contributed by atoms with Gasteiger partial charge in [-0.2, -0.15) is 0 Å². The molecule has 4 heteroatoms. The number of ether oxygens (including phenoxy) is 1. The van der Waals surface area contributed by atoms with Crippen molar-refractivity contribution < 1.29 is 20.1 Å². The number of fused-ring (bicyclic) bond motifs is 1. The van der Waals surface area contributed by atoms with Gasteiger partial charge >= 0.3 is 0 Å². The van der Waals surface area contributed by atoms with Gasteiger partial charge in [0.2, 0.25) is 0 Å². The Morgan fingerprint density at radius 2 is 2.07 bits per heavy atom. The molecule has 0 heterocycles. The molecule has 3 aliphatic carbocycles. The summed E-state index contributed by atoms with van der Waals surface area (Å²) in [5.41, 5.74) is 3.97. The molecule has 0 aromatic carbocycles. The third-order valence-electron chi connectivity index (χ3n) is 7.40. The molecule has 0 bridgehead atoms. The number of allylic oxidation sites excluding steroid dienone is 4. The van der Waals surface area contributed by atoms with Crippen LogP contribution in [0.5, 0.6) is 0 Å². The largest absolute Gasteiger partial charge is 0.393 e. The fourth-order valence-corrected chi connectivity index (χ4v) is 5.52. The molecular weight excluding hydrogens is 376 g/mol. The molecule has 5 atom stereocenters. The Kier molecular flexibility index (Phi) is 7.13. The molecule has 0 aromatic rings. The molecule has 0 spiro atoms. The maximum Gasteiger partial charge on any atom is 0.0811 e. The lowest BCUT2D eigenvalue weighted by Crippen LogP contribution is -2.35. The van der Waals surface area contributed by atoms with E-state index in [1.807, 2.05) is 13.8 Å². The molecule has 0 saturated heterocycles. The molecule has 0 radical (unpaired) electrons. The normalized spacial score (nSPS) is 36.2. The second-order valence-electron chi connectivity index (χ2n) is 10.4. The number of rotatable bonds is 6. The van der Waals surface area contributed by atoms with E-state index >= 15 is 0 Å². The zero-order valence-corrected chi connectivity index (χ0v) is 19.2. The van der Waals surface area contributed by atoms with Crippen LogP contribution in [0.4, 0.5) is 0 Å². The van der Waals surface area contributed by atoms with E-state index in [0.717, 1.165) is 30.4 Å². The van der Waals surface area contributed by atoms with Crippen LogP contribution in [-0.2, 0) is 4.74 Å². The van der Waals surface area contributed by atoms with E-state index in [2.05, 4.69) is 38.7 Å². The summed E-state index contributed by atoms with van der Waals surface area (Å²) in [4.78, 5) is 0. The quantitative estimate of drug-likeness (QED) is 0.553. The van der Waals surface area contributed by atoms with E-state index in [4.69, 9.17) is 4.74 Å². The van der Waals surface area contributed by atoms with E-state index in [0.29, 0.717) is 31.8 Å². The van der Waals surface area contributed by atoms with Crippen LogP contribution >= 0.6 is 0 Å². The highest BCUT2D eigenvalue weighted by molar-refractivity contribution is 5.40. The molecule has 0 aromatic heterocycles. The molecule has 2 saturated carbocycles. The van der Waals surface area contributed by atoms with Gasteiger partial charge in [-0.3, -0.25) is 0 Å². The molecule has 0 amide bonds. The van der Waals surface area contributed by atoms with Gasteiger partial charge in [0.25, 0.3) is 0 Å². The monoisotopic (exact) mass is 416 g/mol. The topological polar surface area (TPSA) is 69.9 Å². The van der Waals surface area contributed by atoms with Crippen molar-refractivity contribution in [2.45, 2.75) is 96.6 Å². The Morgan fingerprint density at radius 1 is 1.33 bits per heavy atom. The Balaban J connectivity index is 1.71. The Hall–Kier alpha value is -1.20. The maximum atomic E-state index is 10.1. The number of aliphatic hydroxyl groups excluding tert-OH is 2. The second-order valence-corrected chi connectivity index (χ2v) is 10.4. The minimum atomic E-state index is -0.700. The van der Waals surface area contributed by atoms with Crippen LogP contribution < -0.4 is 0 Å². The van der Waals surface area contributed by atoms with Crippen LogP contribution in [0.3, 0.4) is 0 Å². The SMILES string of the molecule is C=C1/C(=C\C=C2/CCC[C@]3(C)C([C@@H](C)OCCC(C)(C)O)=CCC23)C[C@@H](O)C[C@@H]1O. The summed E-state index contributed by atoms with van der Waals surface area (Å²) in [6.45, 7) is 12.7. The van der Waals surface area contributed by atoms with Gasteiger partial charge in [-0.05, 0) is 87.3 Å². The van der Waals surface area contributed by atoms with Crippen LogP contribution in [0.2, 0.25) is 0 Å². The summed E-state index contributed by atoms with van der Waals surface area (Å²) in [6.07, 6.45) is 11.6. The molecule has 4 nitrogen and oxygen atoms in total. The van der Waals surface area contributed by atoms with Gasteiger partial charge in [-0.25, -0.2) is 0 Å². The Morgan fingerprint density at radius 3 is 2.77 bits per heavy atom. The standard InChI is InChI=1S/C26H40O4/c1-17-20(15-21(27)16-24(17)28)9-8-19-7-6-12-26(5)22(10-11-23(19)26)18(2)30-14-13-25(3,4)29/h8-10,18,21,23-24,27-29H,1,6-7,11-16H2,2-5H3/b19-8+,20-9-/t18-,21-,23?,24+,26-/m1/s1. The summed E-state index contributed by atoms with van der Waals surface area (Å²) in [5.74, 6) is 0.477. The summed E-state index contributed by atoms with van der Waals surface area (Å²) >= 11 is 0. The van der Waals surface area contributed by atoms with E-state index < -0.39 is 17.8 Å². The molecule has 1 unspecified atom stereocenters. The first-order chi connectivity index (χ1) is 14.0. The zero-order chi connectivity index (χ0) is 22.1. The molecule has 168 valence electrons. The first-order valence-corrected chi connectivity index (χ1v) is 11.5. The van der Waals surface area contributed by atoms with Crippen LogP contribution in [-0.4, -0.2) is 45.8 Å². The zero-order valence-electron chi connectivity index (χ0n) is 19.2. The predicted molar refractivity (Wildman–Crippen MR) is 121 cm³/mol. The fourth-order valence-electron chi connectivity index (χ4n) is 5.52. The molecule has 30 heavy (non-hydrogen) atoms. The van der Waals surface area contributed by atoms with Crippen molar-refractivity contribution in [1.29, 1.82) is 0 Å². The van der Waals surface area contributed by atoms with Crippen LogP contribution in [0.15, 0.2) is 47.1 Å². The Bertz CT molecular complexity index is 739.